The molecule has 4 heterocycles. The van der Waals surface area contributed by atoms with Crippen molar-refractivity contribution < 1.29 is 4.74 Å². The van der Waals surface area contributed by atoms with Crippen LogP contribution in [-0.2, 0) is 29.3 Å². The number of ether oxygens (including phenoxy) is 1. The van der Waals surface area contributed by atoms with Gasteiger partial charge in [0, 0.05) is 32.8 Å². The van der Waals surface area contributed by atoms with E-state index in [4.69, 9.17) is 32.9 Å². The van der Waals surface area contributed by atoms with Crippen molar-refractivity contribution in [3.8, 4) is 0 Å². The Hall–Kier alpha value is -1.81. The minimum Gasteiger partial charge on any atom is -0.370 e. The number of rotatable bonds is 6. The van der Waals surface area contributed by atoms with Gasteiger partial charge in [0.25, 0.3) is 0 Å². The van der Waals surface area contributed by atoms with Crippen LogP contribution in [0.1, 0.15) is 35.4 Å². The number of hydrogen-bond donors (Lipinski definition) is 0. The van der Waals surface area contributed by atoms with Crippen LogP contribution in [0, 0.1) is 0 Å². The summed E-state index contributed by atoms with van der Waals surface area (Å²) in [5, 5.41) is 13.4. The van der Waals surface area contributed by atoms with Gasteiger partial charge in [0.2, 0.25) is 0 Å². The molecule has 0 saturated heterocycles. The Morgan fingerprint density at radius 2 is 1.83 bits per heavy atom. The third-order valence-electron chi connectivity index (χ3n) is 6.10. The standard InChI is InChI=1S/C26H22Cl2N4OS3/c1-26(2)11-18-20(12-33-26)36-23-21(18)22-30-31-25(35-14-16-8-9-17(27)10-19(16)28)32(22)24(29-23)34-13-15-6-4-3-5-7-15/h3-10H,11-14H2,1-2H3. The van der Waals surface area contributed by atoms with Gasteiger partial charge in [-0.1, -0.05) is 83.1 Å². The average Bonchev–Trinajstić information content (AvgIpc) is 3.43. The number of fused-ring (bicyclic) bond motifs is 5. The molecule has 0 bridgehead atoms. The molecule has 0 amide bonds. The van der Waals surface area contributed by atoms with E-state index < -0.39 is 0 Å². The van der Waals surface area contributed by atoms with Gasteiger partial charge >= 0.3 is 0 Å². The minimum atomic E-state index is -0.221. The summed E-state index contributed by atoms with van der Waals surface area (Å²) in [6.45, 7) is 4.87. The molecule has 184 valence electrons. The predicted molar refractivity (Wildman–Crippen MR) is 151 cm³/mol. The zero-order valence-electron chi connectivity index (χ0n) is 19.6. The van der Waals surface area contributed by atoms with Crippen molar-refractivity contribution >= 4 is 73.9 Å². The summed E-state index contributed by atoms with van der Waals surface area (Å²) in [6.07, 6.45) is 0.825. The van der Waals surface area contributed by atoms with Gasteiger partial charge in [-0.25, -0.2) is 9.38 Å². The van der Waals surface area contributed by atoms with Crippen molar-refractivity contribution in [1.82, 2.24) is 19.6 Å². The molecule has 3 aromatic heterocycles. The molecule has 0 aliphatic carbocycles. The van der Waals surface area contributed by atoms with Crippen LogP contribution >= 0.6 is 58.1 Å². The molecule has 6 rings (SSSR count). The second kappa shape index (κ2) is 9.82. The molecule has 5 aromatic rings. The lowest BCUT2D eigenvalue weighted by molar-refractivity contribution is -0.0379. The topological polar surface area (TPSA) is 52.3 Å². The number of thioether (sulfide) groups is 2. The highest BCUT2D eigenvalue weighted by molar-refractivity contribution is 7.99. The average molecular weight is 574 g/mol. The van der Waals surface area contributed by atoms with Gasteiger partial charge in [-0.05, 0) is 42.7 Å². The summed E-state index contributed by atoms with van der Waals surface area (Å²) >= 11 is 17.5. The second-order valence-electron chi connectivity index (χ2n) is 9.24. The third-order valence-corrected chi connectivity index (χ3v) is 9.77. The van der Waals surface area contributed by atoms with Crippen LogP contribution in [-0.4, -0.2) is 25.2 Å². The maximum Gasteiger partial charge on any atom is 0.198 e. The van der Waals surface area contributed by atoms with Gasteiger partial charge in [-0.3, -0.25) is 0 Å². The number of aromatic nitrogens is 4. The highest BCUT2D eigenvalue weighted by Crippen LogP contribution is 2.42. The molecule has 0 saturated carbocycles. The highest BCUT2D eigenvalue weighted by atomic mass is 35.5. The molecule has 0 spiro atoms. The summed E-state index contributed by atoms with van der Waals surface area (Å²) in [5.41, 5.74) is 4.17. The highest BCUT2D eigenvalue weighted by Gasteiger charge is 2.31. The van der Waals surface area contributed by atoms with Crippen LogP contribution in [0.25, 0.3) is 15.9 Å². The first-order chi connectivity index (χ1) is 17.4. The number of thiophene rings is 1. The first-order valence-electron chi connectivity index (χ1n) is 11.4. The van der Waals surface area contributed by atoms with Crippen LogP contribution in [0.5, 0.6) is 0 Å². The van der Waals surface area contributed by atoms with E-state index >= 15 is 0 Å². The van der Waals surface area contributed by atoms with Crippen molar-refractivity contribution in [2.24, 2.45) is 0 Å². The van der Waals surface area contributed by atoms with Crippen LogP contribution in [0.15, 0.2) is 58.8 Å². The lowest BCUT2D eigenvalue weighted by Crippen LogP contribution is -2.31. The number of nitrogens with zero attached hydrogens (tertiary/aromatic N) is 4. The van der Waals surface area contributed by atoms with E-state index in [1.807, 2.05) is 18.2 Å². The Labute approximate surface area is 231 Å². The molecular weight excluding hydrogens is 551 g/mol. The van der Waals surface area contributed by atoms with Crippen LogP contribution in [0.2, 0.25) is 10.0 Å². The predicted octanol–water partition coefficient (Wildman–Crippen LogP) is 8.08. The molecule has 5 nitrogen and oxygen atoms in total. The molecule has 0 fully saturated rings. The van der Waals surface area contributed by atoms with Crippen molar-refractivity contribution in [2.45, 2.75) is 54.3 Å². The van der Waals surface area contributed by atoms with Crippen LogP contribution in [0.3, 0.4) is 0 Å². The van der Waals surface area contributed by atoms with Crippen LogP contribution < -0.4 is 0 Å². The van der Waals surface area contributed by atoms with Gasteiger partial charge in [0.15, 0.2) is 16.0 Å². The Morgan fingerprint density at radius 1 is 1.03 bits per heavy atom. The van der Waals surface area contributed by atoms with E-state index in [-0.39, 0.29) is 5.60 Å². The first kappa shape index (κ1) is 24.5. The fourth-order valence-corrected chi connectivity index (χ4v) is 7.93. The molecular formula is C26H22Cl2N4OS3. The first-order valence-corrected chi connectivity index (χ1v) is 15.0. The van der Waals surface area contributed by atoms with E-state index in [1.165, 1.54) is 16.0 Å². The fraction of sp³-hybridized carbons (Fsp3) is 0.269. The number of halogens is 2. The number of hydrogen-bond acceptors (Lipinski definition) is 7. The quantitative estimate of drug-likeness (QED) is 0.151. The second-order valence-corrected chi connectivity index (χ2v) is 13.1. The lowest BCUT2D eigenvalue weighted by atomic mass is 9.94. The third kappa shape index (κ3) is 4.75. The summed E-state index contributed by atoms with van der Waals surface area (Å²) in [5.74, 6) is 1.46. The fourth-order valence-electron chi connectivity index (χ4n) is 4.28. The molecule has 1 aliphatic heterocycles. The minimum absolute atomic E-state index is 0.221. The monoisotopic (exact) mass is 572 g/mol. The van der Waals surface area contributed by atoms with Gasteiger partial charge in [-0.15, -0.1) is 21.5 Å². The van der Waals surface area contributed by atoms with E-state index in [1.54, 1.807) is 40.9 Å². The normalized spacial score (nSPS) is 15.0. The van der Waals surface area contributed by atoms with E-state index in [0.29, 0.717) is 22.4 Å². The van der Waals surface area contributed by atoms with Crippen molar-refractivity contribution in [3.63, 3.8) is 0 Å². The zero-order valence-corrected chi connectivity index (χ0v) is 23.6. The zero-order chi connectivity index (χ0) is 24.9. The van der Waals surface area contributed by atoms with Gasteiger partial charge < -0.3 is 4.74 Å². The van der Waals surface area contributed by atoms with Crippen molar-refractivity contribution in [1.29, 1.82) is 0 Å². The molecule has 2 aromatic carbocycles. The molecule has 0 atom stereocenters. The maximum atomic E-state index is 6.44. The SMILES string of the molecule is CC1(C)Cc2c(sc3nc(SCc4ccccc4)n4c(SCc5ccc(Cl)cc5Cl)nnc4c23)CO1. The van der Waals surface area contributed by atoms with Gasteiger partial charge in [0.05, 0.1) is 17.6 Å². The van der Waals surface area contributed by atoms with E-state index in [0.717, 1.165) is 43.9 Å². The van der Waals surface area contributed by atoms with Gasteiger partial charge in [-0.2, -0.15) is 0 Å². The summed E-state index contributed by atoms with van der Waals surface area (Å²) < 4.78 is 8.20. The smallest absolute Gasteiger partial charge is 0.198 e. The van der Waals surface area contributed by atoms with E-state index in [9.17, 15) is 0 Å². The summed E-state index contributed by atoms with van der Waals surface area (Å²) in [6, 6.07) is 16.0. The molecule has 0 unspecified atom stereocenters. The summed E-state index contributed by atoms with van der Waals surface area (Å²) in [7, 11) is 0. The molecule has 0 radical (unpaired) electrons. The largest absolute Gasteiger partial charge is 0.370 e. The van der Waals surface area contributed by atoms with Crippen molar-refractivity contribution in [2.75, 3.05) is 0 Å². The molecule has 10 heteroatoms. The number of benzene rings is 2. The Morgan fingerprint density at radius 3 is 2.64 bits per heavy atom. The maximum absolute atomic E-state index is 6.44. The lowest BCUT2D eigenvalue weighted by Gasteiger charge is -2.30. The van der Waals surface area contributed by atoms with E-state index in [2.05, 4.69) is 52.7 Å². The molecule has 1 aliphatic rings. The Balaban J connectivity index is 1.44. The molecule has 0 N–H and O–H groups in total. The Kier molecular flexibility index (Phi) is 6.69. The Bertz CT molecular complexity index is 1580. The van der Waals surface area contributed by atoms with Gasteiger partial charge in [0.1, 0.15) is 4.83 Å². The molecule has 36 heavy (non-hydrogen) atoms. The summed E-state index contributed by atoms with van der Waals surface area (Å²) in [4.78, 5) is 7.37. The van der Waals surface area contributed by atoms with Crippen LogP contribution in [0.4, 0.5) is 0 Å². The van der Waals surface area contributed by atoms with Crippen molar-refractivity contribution in [3.05, 3.63) is 80.1 Å².